The highest BCUT2D eigenvalue weighted by Crippen LogP contribution is 2.27. The van der Waals surface area contributed by atoms with E-state index >= 15 is 0 Å². The van der Waals surface area contributed by atoms with E-state index in [1.165, 1.54) is 11.3 Å². The van der Waals surface area contributed by atoms with Crippen molar-refractivity contribution in [1.29, 1.82) is 0 Å². The second-order valence-corrected chi connectivity index (χ2v) is 5.07. The molecule has 0 unspecified atom stereocenters. The van der Waals surface area contributed by atoms with E-state index in [0.717, 1.165) is 16.3 Å². The number of hydrogen-bond donors (Lipinski definition) is 1. The first-order chi connectivity index (χ1) is 9.46. The average Bonchev–Trinajstić information content (AvgIpc) is 2.83. The average molecular weight is 302 g/mol. The second kappa shape index (κ2) is 6.23. The zero-order valence-electron chi connectivity index (χ0n) is 10.5. The lowest BCUT2D eigenvalue weighted by molar-refractivity contribution is -0.173. The number of halogens is 3. The monoisotopic (exact) mass is 302 g/mol. The van der Waals surface area contributed by atoms with E-state index in [1.54, 1.807) is 6.07 Å². The number of ether oxygens (including phenoxy) is 1. The van der Waals surface area contributed by atoms with Gasteiger partial charge in [0.15, 0.2) is 0 Å². The maximum Gasteiger partial charge on any atom is 0.411 e. The lowest BCUT2D eigenvalue weighted by atomic mass is 10.1. The standard InChI is InChI=1S/C13H13F3N2OS/c14-13(15,16)8-19-6-5-12-18-11(7-20-12)9-3-1-2-4-10(9)17/h1-4,7H,5-6,8,17H2. The molecule has 2 N–H and O–H groups in total. The molecule has 0 fully saturated rings. The van der Waals surface area contributed by atoms with Gasteiger partial charge in [-0.05, 0) is 6.07 Å². The van der Waals surface area contributed by atoms with Gasteiger partial charge in [-0.15, -0.1) is 11.3 Å². The smallest absolute Gasteiger partial charge is 0.398 e. The van der Waals surface area contributed by atoms with Gasteiger partial charge < -0.3 is 10.5 Å². The molecule has 0 aliphatic rings. The third kappa shape index (κ3) is 4.21. The van der Waals surface area contributed by atoms with Crippen molar-refractivity contribution in [3.63, 3.8) is 0 Å². The first-order valence-corrected chi connectivity index (χ1v) is 6.77. The SMILES string of the molecule is Nc1ccccc1-c1csc(CCOCC(F)(F)F)n1. The fourth-order valence-electron chi connectivity index (χ4n) is 1.63. The summed E-state index contributed by atoms with van der Waals surface area (Å²) in [5.74, 6) is 0. The van der Waals surface area contributed by atoms with E-state index in [0.29, 0.717) is 12.1 Å². The Labute approximate surface area is 118 Å². The number of alkyl halides is 3. The number of aromatic nitrogens is 1. The molecule has 2 rings (SSSR count). The highest BCUT2D eigenvalue weighted by atomic mass is 32.1. The van der Waals surface area contributed by atoms with Crippen LogP contribution in [0, 0.1) is 0 Å². The summed E-state index contributed by atoms with van der Waals surface area (Å²) in [4.78, 5) is 4.35. The number of nitrogen functional groups attached to an aromatic ring is 1. The van der Waals surface area contributed by atoms with Crippen molar-refractivity contribution in [2.24, 2.45) is 0 Å². The molecule has 0 saturated heterocycles. The van der Waals surface area contributed by atoms with Crippen molar-refractivity contribution in [1.82, 2.24) is 4.98 Å². The highest BCUT2D eigenvalue weighted by Gasteiger charge is 2.27. The molecule has 7 heteroatoms. The number of nitrogens with zero attached hydrogens (tertiary/aromatic N) is 1. The van der Waals surface area contributed by atoms with Crippen molar-refractivity contribution in [3.05, 3.63) is 34.7 Å². The number of hydrogen-bond acceptors (Lipinski definition) is 4. The molecule has 3 nitrogen and oxygen atoms in total. The molecular weight excluding hydrogens is 289 g/mol. The van der Waals surface area contributed by atoms with Crippen LogP contribution in [0.3, 0.4) is 0 Å². The van der Waals surface area contributed by atoms with E-state index in [1.807, 2.05) is 23.6 Å². The molecule has 0 aliphatic carbocycles. The van der Waals surface area contributed by atoms with Gasteiger partial charge in [-0.1, -0.05) is 18.2 Å². The van der Waals surface area contributed by atoms with Gasteiger partial charge >= 0.3 is 6.18 Å². The predicted molar refractivity (Wildman–Crippen MR) is 72.5 cm³/mol. The van der Waals surface area contributed by atoms with Crippen LogP contribution in [0.25, 0.3) is 11.3 Å². The molecule has 0 spiro atoms. The molecule has 0 aliphatic heterocycles. The van der Waals surface area contributed by atoms with Gasteiger partial charge in [0.1, 0.15) is 6.61 Å². The van der Waals surface area contributed by atoms with Gasteiger partial charge in [0, 0.05) is 23.1 Å². The maximum absolute atomic E-state index is 11.9. The molecule has 0 saturated carbocycles. The van der Waals surface area contributed by atoms with Crippen molar-refractivity contribution >= 4 is 17.0 Å². The van der Waals surface area contributed by atoms with Crippen LogP contribution in [0.4, 0.5) is 18.9 Å². The zero-order chi connectivity index (χ0) is 14.6. The number of rotatable bonds is 5. The van der Waals surface area contributed by atoms with Crippen LogP contribution in [-0.2, 0) is 11.2 Å². The van der Waals surface area contributed by atoms with Gasteiger partial charge in [0.2, 0.25) is 0 Å². The molecule has 0 amide bonds. The third-order valence-electron chi connectivity index (χ3n) is 2.51. The van der Waals surface area contributed by atoms with E-state index in [4.69, 9.17) is 5.73 Å². The Morgan fingerprint density at radius 3 is 2.70 bits per heavy atom. The van der Waals surface area contributed by atoms with E-state index < -0.39 is 12.8 Å². The summed E-state index contributed by atoms with van der Waals surface area (Å²) < 4.78 is 40.3. The fourth-order valence-corrected chi connectivity index (χ4v) is 2.41. The Morgan fingerprint density at radius 2 is 2.00 bits per heavy atom. The Kier molecular flexibility index (Phi) is 4.61. The Balaban J connectivity index is 1.92. The summed E-state index contributed by atoms with van der Waals surface area (Å²) in [6.07, 6.45) is -3.93. The van der Waals surface area contributed by atoms with Crippen LogP contribution in [-0.4, -0.2) is 24.4 Å². The van der Waals surface area contributed by atoms with Crippen LogP contribution < -0.4 is 5.73 Å². The molecule has 20 heavy (non-hydrogen) atoms. The van der Waals surface area contributed by atoms with Gasteiger partial charge in [-0.3, -0.25) is 0 Å². The van der Waals surface area contributed by atoms with Gasteiger partial charge in [0.05, 0.1) is 17.3 Å². The quantitative estimate of drug-likeness (QED) is 0.679. The van der Waals surface area contributed by atoms with E-state index in [-0.39, 0.29) is 6.61 Å². The first kappa shape index (κ1) is 14.8. The van der Waals surface area contributed by atoms with Crippen molar-refractivity contribution < 1.29 is 17.9 Å². The Hall–Kier alpha value is -1.60. The first-order valence-electron chi connectivity index (χ1n) is 5.89. The highest BCUT2D eigenvalue weighted by molar-refractivity contribution is 7.09. The Bertz CT molecular complexity index is 569. The number of nitrogens with two attached hydrogens (primary N) is 1. The molecule has 1 heterocycles. The van der Waals surface area contributed by atoms with E-state index in [2.05, 4.69) is 9.72 Å². The minimum absolute atomic E-state index is 0.00324. The molecule has 2 aromatic rings. The van der Waals surface area contributed by atoms with Crippen LogP contribution >= 0.6 is 11.3 Å². The summed E-state index contributed by atoms with van der Waals surface area (Å²) >= 11 is 1.38. The zero-order valence-corrected chi connectivity index (χ0v) is 11.3. The minimum Gasteiger partial charge on any atom is -0.398 e. The van der Waals surface area contributed by atoms with Crippen LogP contribution in [0.15, 0.2) is 29.6 Å². The molecule has 1 aromatic carbocycles. The van der Waals surface area contributed by atoms with Crippen LogP contribution in [0.5, 0.6) is 0 Å². The molecule has 0 atom stereocenters. The third-order valence-corrected chi connectivity index (χ3v) is 3.42. The minimum atomic E-state index is -4.29. The summed E-state index contributed by atoms with van der Waals surface area (Å²) in [5, 5.41) is 2.57. The van der Waals surface area contributed by atoms with Gasteiger partial charge in [-0.25, -0.2) is 4.98 Å². The number of benzene rings is 1. The molecule has 108 valence electrons. The predicted octanol–water partition coefficient (Wildman–Crippen LogP) is 3.51. The summed E-state index contributed by atoms with van der Waals surface area (Å²) in [6, 6.07) is 7.32. The second-order valence-electron chi connectivity index (χ2n) is 4.13. The summed E-state index contributed by atoms with van der Waals surface area (Å²) in [7, 11) is 0. The van der Waals surface area contributed by atoms with Crippen LogP contribution in [0.2, 0.25) is 0 Å². The number of thiazole rings is 1. The molecular formula is C13H13F3N2OS. The lowest BCUT2D eigenvalue weighted by Crippen LogP contribution is -2.17. The summed E-state index contributed by atoms with van der Waals surface area (Å²) in [5.41, 5.74) is 8.03. The normalized spacial score (nSPS) is 11.8. The number of para-hydroxylation sites is 1. The molecule has 0 bridgehead atoms. The maximum atomic E-state index is 11.9. The number of anilines is 1. The fraction of sp³-hybridized carbons (Fsp3) is 0.308. The molecule has 0 radical (unpaired) electrons. The lowest BCUT2D eigenvalue weighted by Gasteiger charge is -2.06. The topological polar surface area (TPSA) is 48.1 Å². The van der Waals surface area contributed by atoms with Crippen molar-refractivity contribution in [2.45, 2.75) is 12.6 Å². The van der Waals surface area contributed by atoms with E-state index in [9.17, 15) is 13.2 Å². The summed E-state index contributed by atoms with van der Waals surface area (Å²) in [6.45, 7) is -1.23. The van der Waals surface area contributed by atoms with Crippen molar-refractivity contribution in [2.75, 3.05) is 18.9 Å². The van der Waals surface area contributed by atoms with Gasteiger partial charge in [-0.2, -0.15) is 13.2 Å². The Morgan fingerprint density at radius 1 is 1.25 bits per heavy atom. The van der Waals surface area contributed by atoms with Crippen LogP contribution in [0.1, 0.15) is 5.01 Å². The molecule has 1 aromatic heterocycles. The van der Waals surface area contributed by atoms with Gasteiger partial charge in [0.25, 0.3) is 0 Å². The largest absolute Gasteiger partial charge is 0.411 e. The van der Waals surface area contributed by atoms with Crippen molar-refractivity contribution in [3.8, 4) is 11.3 Å².